The van der Waals surface area contributed by atoms with E-state index in [1.807, 2.05) is 0 Å². The SMILES string of the molecule is CCC[C@@H](C(=O)OC)N1c2ccc(F)cc2[C@@H](C)CC1(C)C. The molecule has 0 saturated carbocycles. The van der Waals surface area contributed by atoms with Crippen molar-refractivity contribution in [3.05, 3.63) is 29.6 Å². The molecule has 0 aromatic heterocycles. The van der Waals surface area contributed by atoms with Crippen LogP contribution in [0.3, 0.4) is 0 Å². The Hall–Kier alpha value is -1.58. The highest BCUT2D eigenvalue weighted by atomic mass is 19.1. The molecule has 0 aliphatic carbocycles. The second-order valence-electron chi connectivity index (χ2n) is 6.82. The van der Waals surface area contributed by atoms with Gasteiger partial charge < -0.3 is 9.64 Å². The predicted molar refractivity (Wildman–Crippen MR) is 86.7 cm³/mol. The second-order valence-corrected chi connectivity index (χ2v) is 6.82. The number of anilines is 1. The average molecular weight is 307 g/mol. The molecule has 1 aromatic rings. The summed E-state index contributed by atoms with van der Waals surface area (Å²) in [7, 11) is 1.43. The van der Waals surface area contributed by atoms with Crippen molar-refractivity contribution in [2.24, 2.45) is 0 Å². The van der Waals surface area contributed by atoms with Gasteiger partial charge in [0, 0.05) is 11.2 Å². The van der Waals surface area contributed by atoms with E-state index in [1.165, 1.54) is 13.2 Å². The molecule has 0 bridgehead atoms. The minimum Gasteiger partial charge on any atom is -0.467 e. The Morgan fingerprint density at radius 1 is 1.50 bits per heavy atom. The molecule has 0 unspecified atom stereocenters. The molecule has 3 nitrogen and oxygen atoms in total. The highest BCUT2D eigenvalue weighted by molar-refractivity contribution is 5.81. The summed E-state index contributed by atoms with van der Waals surface area (Å²) in [5, 5.41) is 0. The molecular weight excluding hydrogens is 281 g/mol. The van der Waals surface area contributed by atoms with E-state index in [-0.39, 0.29) is 29.3 Å². The molecule has 1 aromatic carbocycles. The largest absolute Gasteiger partial charge is 0.467 e. The number of hydrogen-bond acceptors (Lipinski definition) is 3. The van der Waals surface area contributed by atoms with Crippen LogP contribution in [-0.4, -0.2) is 24.7 Å². The zero-order valence-electron chi connectivity index (χ0n) is 14.1. The van der Waals surface area contributed by atoms with Crippen LogP contribution in [0.25, 0.3) is 0 Å². The van der Waals surface area contributed by atoms with E-state index in [0.29, 0.717) is 0 Å². The topological polar surface area (TPSA) is 29.5 Å². The number of carbonyl (C=O) groups is 1. The van der Waals surface area contributed by atoms with Gasteiger partial charge in [0.15, 0.2) is 0 Å². The number of hydrogen-bond donors (Lipinski definition) is 0. The Morgan fingerprint density at radius 2 is 2.18 bits per heavy atom. The van der Waals surface area contributed by atoms with Crippen molar-refractivity contribution in [3.63, 3.8) is 0 Å². The van der Waals surface area contributed by atoms with Gasteiger partial charge >= 0.3 is 5.97 Å². The standard InChI is InChI=1S/C18H26FNO2/c1-6-7-16(17(21)22-5)20-15-9-8-13(19)10-14(15)12(2)11-18(20,3)4/h8-10,12,16H,6-7,11H2,1-5H3/t12-,16-/m0/s1. The number of nitrogens with zero attached hydrogens (tertiary/aromatic N) is 1. The van der Waals surface area contributed by atoms with Crippen LogP contribution < -0.4 is 4.90 Å². The quantitative estimate of drug-likeness (QED) is 0.778. The van der Waals surface area contributed by atoms with Crippen molar-refractivity contribution in [3.8, 4) is 0 Å². The third-order valence-electron chi connectivity index (χ3n) is 4.58. The maximum atomic E-state index is 13.7. The van der Waals surface area contributed by atoms with Gasteiger partial charge in [-0.3, -0.25) is 0 Å². The van der Waals surface area contributed by atoms with Gasteiger partial charge in [0.25, 0.3) is 0 Å². The van der Waals surface area contributed by atoms with Crippen LogP contribution in [0.1, 0.15) is 58.4 Å². The van der Waals surface area contributed by atoms with Crippen molar-refractivity contribution in [2.75, 3.05) is 12.0 Å². The third-order valence-corrected chi connectivity index (χ3v) is 4.58. The number of benzene rings is 1. The molecule has 0 radical (unpaired) electrons. The molecule has 2 atom stereocenters. The van der Waals surface area contributed by atoms with Crippen LogP contribution in [0.5, 0.6) is 0 Å². The highest BCUT2D eigenvalue weighted by Gasteiger charge is 2.42. The lowest BCUT2D eigenvalue weighted by atomic mass is 9.78. The molecule has 4 heteroatoms. The van der Waals surface area contributed by atoms with Crippen molar-refractivity contribution in [2.45, 2.75) is 64.5 Å². The molecular formula is C18H26FNO2. The van der Waals surface area contributed by atoms with E-state index in [1.54, 1.807) is 12.1 Å². The number of methoxy groups -OCH3 is 1. The molecule has 1 heterocycles. The first-order valence-corrected chi connectivity index (χ1v) is 7.98. The molecule has 0 fully saturated rings. The first-order valence-electron chi connectivity index (χ1n) is 7.98. The molecule has 0 saturated heterocycles. The third kappa shape index (κ3) is 2.96. The molecule has 0 amide bonds. The molecule has 1 aliphatic heterocycles. The van der Waals surface area contributed by atoms with Gasteiger partial charge in [-0.05, 0) is 56.4 Å². The average Bonchev–Trinajstić information content (AvgIpc) is 2.45. The number of esters is 1. The minimum atomic E-state index is -0.332. The van der Waals surface area contributed by atoms with Crippen LogP contribution in [0, 0.1) is 5.82 Å². The molecule has 22 heavy (non-hydrogen) atoms. The normalized spacial score (nSPS) is 21.2. The summed E-state index contributed by atoms with van der Waals surface area (Å²) >= 11 is 0. The summed E-state index contributed by atoms with van der Waals surface area (Å²) in [6.07, 6.45) is 2.49. The van der Waals surface area contributed by atoms with Crippen LogP contribution in [0.15, 0.2) is 18.2 Å². The van der Waals surface area contributed by atoms with E-state index in [9.17, 15) is 9.18 Å². The predicted octanol–water partition coefficient (Wildman–Crippen LogP) is 4.26. The van der Waals surface area contributed by atoms with Gasteiger partial charge in [-0.15, -0.1) is 0 Å². The summed E-state index contributed by atoms with van der Waals surface area (Å²) in [5.74, 6) is -0.188. The van der Waals surface area contributed by atoms with E-state index in [0.717, 1.165) is 30.5 Å². The van der Waals surface area contributed by atoms with E-state index < -0.39 is 0 Å². The maximum absolute atomic E-state index is 13.7. The fourth-order valence-corrected chi connectivity index (χ4v) is 3.77. The number of halogens is 1. The zero-order chi connectivity index (χ0) is 16.5. The van der Waals surface area contributed by atoms with Gasteiger partial charge in [0.1, 0.15) is 11.9 Å². The lowest BCUT2D eigenvalue weighted by molar-refractivity contribution is -0.142. The van der Waals surface area contributed by atoms with E-state index in [4.69, 9.17) is 4.74 Å². The second kappa shape index (κ2) is 6.27. The first-order chi connectivity index (χ1) is 10.3. The summed E-state index contributed by atoms with van der Waals surface area (Å²) < 4.78 is 18.7. The van der Waals surface area contributed by atoms with Crippen molar-refractivity contribution in [1.29, 1.82) is 0 Å². The van der Waals surface area contributed by atoms with Crippen molar-refractivity contribution >= 4 is 11.7 Å². The van der Waals surface area contributed by atoms with Gasteiger partial charge in [0.05, 0.1) is 7.11 Å². The Morgan fingerprint density at radius 3 is 2.77 bits per heavy atom. The zero-order valence-corrected chi connectivity index (χ0v) is 14.1. The number of ether oxygens (including phenoxy) is 1. The fourth-order valence-electron chi connectivity index (χ4n) is 3.77. The van der Waals surface area contributed by atoms with E-state index in [2.05, 4.69) is 32.6 Å². The summed E-state index contributed by atoms with van der Waals surface area (Å²) in [6, 6.07) is 4.54. The summed E-state index contributed by atoms with van der Waals surface area (Å²) in [6.45, 7) is 8.45. The molecule has 0 spiro atoms. The Balaban J connectivity index is 2.56. The Labute approximate surface area is 132 Å². The first kappa shape index (κ1) is 16.8. The number of fused-ring (bicyclic) bond motifs is 1. The molecule has 122 valence electrons. The molecule has 2 rings (SSSR count). The van der Waals surface area contributed by atoms with E-state index >= 15 is 0 Å². The monoisotopic (exact) mass is 307 g/mol. The summed E-state index contributed by atoms with van der Waals surface area (Å²) in [5.41, 5.74) is 1.75. The van der Waals surface area contributed by atoms with Crippen LogP contribution in [-0.2, 0) is 9.53 Å². The number of rotatable bonds is 4. The number of carbonyl (C=O) groups excluding carboxylic acids is 1. The molecule has 1 aliphatic rings. The van der Waals surface area contributed by atoms with Crippen LogP contribution >= 0.6 is 0 Å². The van der Waals surface area contributed by atoms with Crippen molar-refractivity contribution in [1.82, 2.24) is 0 Å². The van der Waals surface area contributed by atoms with Crippen molar-refractivity contribution < 1.29 is 13.9 Å². The smallest absolute Gasteiger partial charge is 0.328 e. The minimum absolute atomic E-state index is 0.182. The Kier molecular flexibility index (Phi) is 4.78. The molecule has 0 N–H and O–H groups in total. The van der Waals surface area contributed by atoms with Gasteiger partial charge in [-0.2, -0.15) is 0 Å². The lowest BCUT2D eigenvalue weighted by Gasteiger charge is -2.50. The summed E-state index contributed by atoms with van der Waals surface area (Å²) in [4.78, 5) is 14.4. The fraction of sp³-hybridized carbons (Fsp3) is 0.611. The maximum Gasteiger partial charge on any atom is 0.328 e. The highest BCUT2D eigenvalue weighted by Crippen LogP contribution is 2.45. The van der Waals surface area contributed by atoms with Gasteiger partial charge in [-0.25, -0.2) is 9.18 Å². The van der Waals surface area contributed by atoms with Gasteiger partial charge in [-0.1, -0.05) is 20.3 Å². The lowest BCUT2D eigenvalue weighted by Crippen LogP contribution is -2.56. The Bertz CT molecular complexity index is 556. The van der Waals surface area contributed by atoms with Crippen LogP contribution in [0.2, 0.25) is 0 Å². The van der Waals surface area contributed by atoms with Gasteiger partial charge in [0.2, 0.25) is 0 Å². The van der Waals surface area contributed by atoms with Crippen LogP contribution in [0.4, 0.5) is 10.1 Å².